The molecule has 0 aliphatic rings. The largest absolute Gasteiger partial charge is 0.481 e. The van der Waals surface area contributed by atoms with Crippen LogP contribution >= 0.6 is 0 Å². The van der Waals surface area contributed by atoms with Gasteiger partial charge in [0.25, 0.3) is 20.2 Å². The summed E-state index contributed by atoms with van der Waals surface area (Å²) in [6.07, 6.45) is 0.0649. The molecule has 37 heavy (non-hydrogen) atoms. The molecule has 0 saturated heterocycles. The van der Waals surface area contributed by atoms with Crippen molar-refractivity contribution in [2.45, 2.75) is 102 Å². The van der Waals surface area contributed by atoms with Crippen LogP contribution in [0.15, 0.2) is 0 Å². The van der Waals surface area contributed by atoms with E-state index in [-0.39, 0.29) is 29.6 Å². The number of rotatable bonds is 16. The summed E-state index contributed by atoms with van der Waals surface area (Å²) in [6.45, 7) is 9.68. The van der Waals surface area contributed by atoms with Crippen LogP contribution in [0.4, 0.5) is 0 Å². The maximum absolute atomic E-state index is 11.7. The van der Waals surface area contributed by atoms with Gasteiger partial charge in [-0.1, -0.05) is 26.7 Å². The number of hydrogen-bond donors (Lipinski definition) is 4. The van der Waals surface area contributed by atoms with E-state index < -0.39 is 78.7 Å². The Morgan fingerprint density at radius 2 is 0.892 bits per heavy atom. The summed E-state index contributed by atoms with van der Waals surface area (Å²) in [5.74, 6) is -6.49. The van der Waals surface area contributed by atoms with Crippen LogP contribution in [-0.4, -0.2) is 112 Å². The van der Waals surface area contributed by atoms with Crippen LogP contribution in [0.1, 0.15) is 80.1 Å². The zero-order valence-corrected chi connectivity index (χ0v) is 25.7. The molecule has 0 aromatic rings. The Kier molecular flexibility index (Phi) is 18.1. The van der Waals surface area contributed by atoms with Crippen molar-refractivity contribution in [3.05, 3.63) is 0 Å². The SMILES string of the molecule is CCCC(C)(C)OS(=O)(=O)C(CC(=O)O)C(=O)O.CCCC(C)(C)OS(=O)(=O)C(CC(=O)O)C(=O)O.[Na]. The third-order valence-corrected chi connectivity index (χ3v) is 7.85. The fraction of sp³-hybridized carbons (Fsp3) is 0.800. The minimum atomic E-state index is -4.48. The Morgan fingerprint density at radius 3 is 1.05 bits per heavy atom. The first kappa shape index (κ1) is 40.2. The molecule has 0 saturated carbocycles. The number of carboxylic acids is 4. The maximum atomic E-state index is 11.7. The molecule has 0 aliphatic heterocycles. The molecule has 0 rings (SSSR count). The van der Waals surface area contributed by atoms with Crippen LogP contribution < -0.4 is 0 Å². The first-order valence-corrected chi connectivity index (χ1v) is 13.8. The summed E-state index contributed by atoms with van der Waals surface area (Å²) in [7, 11) is -8.95. The van der Waals surface area contributed by atoms with Crippen molar-refractivity contribution in [1.82, 2.24) is 0 Å². The van der Waals surface area contributed by atoms with Gasteiger partial charge < -0.3 is 20.4 Å². The van der Waals surface area contributed by atoms with Gasteiger partial charge in [-0.15, -0.1) is 0 Å². The fourth-order valence-electron chi connectivity index (χ4n) is 2.98. The van der Waals surface area contributed by atoms with Crippen molar-refractivity contribution in [2.75, 3.05) is 0 Å². The van der Waals surface area contributed by atoms with Crippen molar-refractivity contribution >= 4 is 73.7 Å². The molecule has 213 valence electrons. The Bertz CT molecular complexity index is 907. The molecule has 2 atom stereocenters. The summed E-state index contributed by atoms with van der Waals surface area (Å²) >= 11 is 0. The van der Waals surface area contributed by atoms with E-state index in [0.717, 1.165) is 0 Å². The Hall–Kier alpha value is -1.30. The topological polar surface area (TPSA) is 236 Å². The Balaban J connectivity index is -0.000000608. The molecular weight excluding hydrogens is 551 g/mol. The summed E-state index contributed by atoms with van der Waals surface area (Å²) in [6, 6.07) is 0. The summed E-state index contributed by atoms with van der Waals surface area (Å²) < 4.78 is 56.6. The molecule has 0 aromatic carbocycles. The fourth-order valence-corrected chi connectivity index (χ4v) is 5.82. The molecule has 14 nitrogen and oxygen atoms in total. The van der Waals surface area contributed by atoms with Crippen molar-refractivity contribution < 1.29 is 64.8 Å². The second-order valence-electron chi connectivity index (χ2n) is 9.02. The second kappa shape index (κ2) is 16.6. The Morgan fingerprint density at radius 1 is 0.649 bits per heavy atom. The molecule has 0 heterocycles. The third kappa shape index (κ3) is 17.0. The smallest absolute Gasteiger partial charge is 0.325 e. The van der Waals surface area contributed by atoms with E-state index in [2.05, 4.69) is 0 Å². The standard InChI is InChI=1S/2C10H18O7S.Na/c2*1-4-5-10(2,3)17-18(15,16)7(9(13)14)6-8(11)12;/h2*7H,4-6H2,1-3H3,(H,11,12)(H,13,14);. The van der Waals surface area contributed by atoms with Crippen LogP contribution in [0.5, 0.6) is 0 Å². The van der Waals surface area contributed by atoms with Crippen molar-refractivity contribution in [3.8, 4) is 0 Å². The van der Waals surface area contributed by atoms with Crippen molar-refractivity contribution in [2.24, 2.45) is 0 Å². The summed E-state index contributed by atoms with van der Waals surface area (Å²) in [4.78, 5) is 42.5. The van der Waals surface area contributed by atoms with Gasteiger partial charge in [-0.3, -0.25) is 27.5 Å². The number of carboxylic acid groups (broad SMARTS) is 4. The number of aliphatic carboxylic acids is 4. The molecule has 0 aliphatic carbocycles. The first-order valence-electron chi connectivity index (χ1n) is 10.8. The van der Waals surface area contributed by atoms with E-state index in [1.807, 2.05) is 13.8 Å². The van der Waals surface area contributed by atoms with Gasteiger partial charge in [-0.05, 0) is 40.5 Å². The number of carbonyl (C=O) groups is 4. The average Bonchev–Trinajstić information content (AvgIpc) is 2.61. The van der Waals surface area contributed by atoms with Gasteiger partial charge in [0, 0.05) is 29.6 Å². The molecule has 0 bridgehead atoms. The van der Waals surface area contributed by atoms with E-state index in [0.29, 0.717) is 25.7 Å². The maximum Gasteiger partial charge on any atom is 0.325 e. The van der Waals surface area contributed by atoms with Crippen LogP contribution in [0.25, 0.3) is 0 Å². The summed E-state index contributed by atoms with van der Waals surface area (Å²) in [5.41, 5.74) is -2.11. The number of hydrogen-bond acceptors (Lipinski definition) is 10. The van der Waals surface area contributed by atoms with E-state index in [1.54, 1.807) is 0 Å². The molecule has 17 heteroatoms. The first-order chi connectivity index (χ1) is 16.0. The van der Waals surface area contributed by atoms with Gasteiger partial charge in [-0.2, -0.15) is 16.8 Å². The quantitative estimate of drug-likeness (QED) is 0.147. The van der Waals surface area contributed by atoms with Gasteiger partial charge in [0.05, 0.1) is 24.0 Å². The Labute approximate surface area is 239 Å². The molecule has 4 N–H and O–H groups in total. The second-order valence-corrected chi connectivity index (χ2v) is 12.5. The van der Waals surface area contributed by atoms with Crippen LogP contribution in [0.2, 0.25) is 0 Å². The molecular formula is C20H36NaO14S2. The minimum Gasteiger partial charge on any atom is -0.481 e. The summed E-state index contributed by atoms with van der Waals surface area (Å²) in [5, 5.41) is 30.4. The molecule has 2 unspecified atom stereocenters. The molecule has 0 amide bonds. The minimum absolute atomic E-state index is 0. The predicted molar refractivity (Wildman–Crippen MR) is 131 cm³/mol. The van der Waals surface area contributed by atoms with E-state index in [4.69, 9.17) is 28.8 Å². The molecule has 0 spiro atoms. The molecule has 0 aromatic heterocycles. The zero-order chi connectivity index (χ0) is 29.1. The van der Waals surface area contributed by atoms with Gasteiger partial charge in [0.15, 0.2) is 10.5 Å². The van der Waals surface area contributed by atoms with Crippen LogP contribution in [-0.2, 0) is 47.8 Å². The van der Waals surface area contributed by atoms with Crippen molar-refractivity contribution in [1.29, 1.82) is 0 Å². The molecule has 1 radical (unpaired) electrons. The average molecular weight is 588 g/mol. The van der Waals surface area contributed by atoms with Gasteiger partial charge in [0.2, 0.25) is 0 Å². The van der Waals surface area contributed by atoms with Gasteiger partial charge in [0.1, 0.15) is 0 Å². The monoisotopic (exact) mass is 587 g/mol. The van der Waals surface area contributed by atoms with Crippen LogP contribution in [0, 0.1) is 0 Å². The van der Waals surface area contributed by atoms with Gasteiger partial charge in [-0.25, -0.2) is 0 Å². The normalized spacial score (nSPS) is 13.8. The van der Waals surface area contributed by atoms with Gasteiger partial charge >= 0.3 is 23.9 Å². The third-order valence-electron chi connectivity index (χ3n) is 4.36. The van der Waals surface area contributed by atoms with Crippen molar-refractivity contribution in [3.63, 3.8) is 0 Å². The van der Waals surface area contributed by atoms with Crippen LogP contribution in [0.3, 0.4) is 0 Å². The molecule has 0 fully saturated rings. The van der Waals surface area contributed by atoms with E-state index in [1.165, 1.54) is 27.7 Å². The van der Waals surface area contributed by atoms with E-state index in [9.17, 15) is 36.0 Å². The van der Waals surface area contributed by atoms with E-state index >= 15 is 0 Å². The zero-order valence-electron chi connectivity index (χ0n) is 22.1. The predicted octanol–water partition coefficient (Wildman–Crippen LogP) is 1.30.